The first-order valence-electron chi connectivity index (χ1n) is 9.34. The van der Waals surface area contributed by atoms with Crippen molar-refractivity contribution in [2.24, 2.45) is 7.05 Å². The maximum atomic E-state index is 14.1. The van der Waals surface area contributed by atoms with Gasteiger partial charge in [-0.05, 0) is 54.4 Å². The smallest absolute Gasteiger partial charge is 0.329 e. The van der Waals surface area contributed by atoms with Crippen LogP contribution in [0.15, 0.2) is 53.6 Å². The van der Waals surface area contributed by atoms with Crippen molar-refractivity contribution in [2.45, 2.75) is 13.5 Å². The topological polar surface area (TPSA) is 89.2 Å². The van der Waals surface area contributed by atoms with Gasteiger partial charge in [0.2, 0.25) is 5.91 Å². The molecular formula is C22H18F2N4O3. The summed E-state index contributed by atoms with van der Waals surface area (Å²) >= 11 is 0. The predicted octanol–water partition coefficient (Wildman–Crippen LogP) is 3.33. The molecule has 2 aromatic carbocycles. The molecule has 0 bridgehead atoms. The predicted molar refractivity (Wildman–Crippen MR) is 112 cm³/mol. The van der Waals surface area contributed by atoms with Gasteiger partial charge >= 0.3 is 5.69 Å². The highest BCUT2D eigenvalue weighted by Gasteiger charge is 2.19. The minimum absolute atomic E-state index is 0.290. The van der Waals surface area contributed by atoms with Gasteiger partial charge in [0.15, 0.2) is 11.6 Å². The molecule has 4 rings (SSSR count). The number of phenolic OH excluding ortho intramolecular Hbond substituents is 1. The molecule has 9 heteroatoms. The van der Waals surface area contributed by atoms with Crippen LogP contribution in [0.25, 0.3) is 22.2 Å². The number of nitrogens with one attached hydrogen (secondary N) is 1. The lowest BCUT2D eigenvalue weighted by molar-refractivity contribution is -0.116. The summed E-state index contributed by atoms with van der Waals surface area (Å²) in [5, 5.41) is 12.3. The van der Waals surface area contributed by atoms with Crippen molar-refractivity contribution in [3.05, 3.63) is 76.5 Å². The van der Waals surface area contributed by atoms with Crippen molar-refractivity contribution in [1.82, 2.24) is 14.1 Å². The Morgan fingerprint density at radius 1 is 1.16 bits per heavy atom. The fraction of sp³-hybridized carbons (Fsp3) is 0.136. The second kappa shape index (κ2) is 7.67. The van der Waals surface area contributed by atoms with Gasteiger partial charge in [-0.25, -0.2) is 13.6 Å². The number of carbonyl (C=O) groups is 1. The summed E-state index contributed by atoms with van der Waals surface area (Å²) in [4.78, 5) is 29.5. The molecule has 0 aliphatic heterocycles. The van der Waals surface area contributed by atoms with Crippen LogP contribution < -0.4 is 11.0 Å². The van der Waals surface area contributed by atoms with Gasteiger partial charge in [-0.2, -0.15) is 0 Å². The van der Waals surface area contributed by atoms with E-state index in [0.717, 1.165) is 0 Å². The van der Waals surface area contributed by atoms with Crippen LogP contribution >= 0.6 is 0 Å². The number of aryl methyl sites for hydroxylation is 2. The Kier molecular flexibility index (Phi) is 5.02. The molecule has 0 aliphatic rings. The summed E-state index contributed by atoms with van der Waals surface area (Å²) in [7, 11) is 1.55. The van der Waals surface area contributed by atoms with Crippen molar-refractivity contribution in [3.8, 4) is 16.9 Å². The number of hydrogen-bond acceptors (Lipinski definition) is 4. The summed E-state index contributed by atoms with van der Waals surface area (Å²) in [6.07, 6.45) is 2.95. The number of benzene rings is 2. The third-order valence-corrected chi connectivity index (χ3v) is 5.04. The van der Waals surface area contributed by atoms with Gasteiger partial charge in [0.1, 0.15) is 12.4 Å². The van der Waals surface area contributed by atoms with Gasteiger partial charge in [0.05, 0.1) is 17.2 Å². The van der Waals surface area contributed by atoms with Gasteiger partial charge in [-0.15, -0.1) is 0 Å². The van der Waals surface area contributed by atoms with Gasteiger partial charge in [0.25, 0.3) is 0 Å². The maximum absolute atomic E-state index is 14.1. The normalized spacial score (nSPS) is 11.1. The van der Waals surface area contributed by atoms with E-state index in [1.165, 1.54) is 51.9 Å². The van der Waals surface area contributed by atoms with E-state index in [-0.39, 0.29) is 6.54 Å². The van der Waals surface area contributed by atoms with Gasteiger partial charge < -0.3 is 10.4 Å². The third kappa shape index (κ3) is 3.65. The number of fused-ring (bicyclic) bond motifs is 1. The lowest BCUT2D eigenvalue weighted by Crippen LogP contribution is -2.28. The molecule has 0 fully saturated rings. The molecular weight excluding hydrogens is 406 g/mol. The highest BCUT2D eigenvalue weighted by Crippen LogP contribution is 2.32. The first-order chi connectivity index (χ1) is 14.8. The Balaban J connectivity index is 1.76. The van der Waals surface area contributed by atoms with Crippen LogP contribution in [-0.4, -0.2) is 25.1 Å². The van der Waals surface area contributed by atoms with E-state index in [1.807, 2.05) is 0 Å². The lowest BCUT2D eigenvalue weighted by atomic mass is 10.0. The Morgan fingerprint density at radius 3 is 2.55 bits per heavy atom. The van der Waals surface area contributed by atoms with Crippen molar-refractivity contribution in [3.63, 3.8) is 0 Å². The molecule has 1 amide bonds. The zero-order chi connectivity index (χ0) is 22.3. The molecule has 2 aromatic heterocycles. The van der Waals surface area contributed by atoms with E-state index >= 15 is 0 Å². The first-order valence-corrected chi connectivity index (χ1v) is 9.34. The number of aromatic hydroxyl groups is 1. The van der Waals surface area contributed by atoms with Crippen molar-refractivity contribution < 1.29 is 18.7 Å². The summed E-state index contributed by atoms with van der Waals surface area (Å²) in [5.74, 6) is -2.12. The molecule has 0 unspecified atom stereocenters. The number of rotatable bonds is 4. The molecule has 0 radical (unpaired) electrons. The molecule has 2 N–H and O–H groups in total. The Labute approximate surface area is 175 Å². The second-order valence-corrected chi connectivity index (χ2v) is 7.16. The standard InChI is InChI=1S/C22H18F2N4O3/c1-12-7-13(8-17(24)21(12)30)16-9-25-10-18-20(16)27(2)22(31)28(18)11-19(29)26-15-5-3-14(23)4-6-15/h3-10,30H,11H2,1-2H3,(H,26,29). The van der Waals surface area contributed by atoms with Crippen LogP contribution in [0, 0.1) is 18.6 Å². The number of amides is 1. The Morgan fingerprint density at radius 2 is 1.87 bits per heavy atom. The van der Waals surface area contributed by atoms with Gasteiger partial charge in [0, 0.05) is 24.5 Å². The van der Waals surface area contributed by atoms with Crippen molar-refractivity contribution >= 4 is 22.6 Å². The first kappa shape index (κ1) is 20.3. The molecule has 0 atom stereocenters. The summed E-state index contributed by atoms with van der Waals surface area (Å²) in [5.41, 5.74) is 2.08. The number of imidazole rings is 1. The van der Waals surface area contributed by atoms with Crippen LogP contribution in [0.2, 0.25) is 0 Å². The number of anilines is 1. The van der Waals surface area contributed by atoms with Gasteiger partial charge in [-0.3, -0.25) is 18.9 Å². The molecule has 7 nitrogen and oxygen atoms in total. The highest BCUT2D eigenvalue weighted by atomic mass is 19.1. The van der Waals surface area contributed by atoms with E-state index in [0.29, 0.717) is 33.4 Å². The number of phenols is 1. The quantitative estimate of drug-likeness (QED) is 0.526. The molecule has 31 heavy (non-hydrogen) atoms. The zero-order valence-electron chi connectivity index (χ0n) is 16.7. The molecule has 158 valence electrons. The lowest BCUT2D eigenvalue weighted by Gasteiger charge is -2.09. The number of nitrogens with zero attached hydrogens (tertiary/aromatic N) is 3. The third-order valence-electron chi connectivity index (χ3n) is 5.04. The molecule has 0 saturated carbocycles. The molecule has 2 heterocycles. The second-order valence-electron chi connectivity index (χ2n) is 7.16. The van der Waals surface area contributed by atoms with Crippen LogP contribution in [0.3, 0.4) is 0 Å². The van der Waals surface area contributed by atoms with Gasteiger partial charge in [-0.1, -0.05) is 0 Å². The SMILES string of the molecule is Cc1cc(-c2cncc3c2n(C)c(=O)n3CC(=O)Nc2ccc(F)cc2)cc(F)c1O. The molecule has 0 saturated heterocycles. The largest absolute Gasteiger partial charge is 0.505 e. The van der Waals surface area contributed by atoms with Crippen molar-refractivity contribution in [1.29, 1.82) is 0 Å². The highest BCUT2D eigenvalue weighted by molar-refractivity contribution is 5.94. The number of pyridine rings is 1. The number of hydrogen-bond donors (Lipinski definition) is 2. The minimum atomic E-state index is -0.782. The fourth-order valence-electron chi connectivity index (χ4n) is 3.51. The van der Waals surface area contributed by atoms with Crippen molar-refractivity contribution in [2.75, 3.05) is 5.32 Å². The molecule has 0 spiro atoms. The van der Waals surface area contributed by atoms with E-state index in [1.54, 1.807) is 20.0 Å². The summed E-state index contributed by atoms with van der Waals surface area (Å²) < 4.78 is 29.8. The molecule has 4 aromatic rings. The Bertz CT molecular complexity index is 1350. The minimum Gasteiger partial charge on any atom is -0.505 e. The van der Waals surface area contributed by atoms with E-state index in [2.05, 4.69) is 10.3 Å². The average Bonchev–Trinajstić information content (AvgIpc) is 2.98. The van der Waals surface area contributed by atoms with E-state index in [9.17, 15) is 23.5 Å². The average molecular weight is 424 g/mol. The number of carbonyl (C=O) groups excluding carboxylic acids is 1. The van der Waals surface area contributed by atoms with Crippen LogP contribution in [0.5, 0.6) is 5.75 Å². The van der Waals surface area contributed by atoms with Crippen LogP contribution in [0.4, 0.5) is 14.5 Å². The molecule has 0 aliphatic carbocycles. The van der Waals surface area contributed by atoms with Crippen LogP contribution in [-0.2, 0) is 18.4 Å². The Hall–Kier alpha value is -4.01. The van der Waals surface area contributed by atoms with E-state index in [4.69, 9.17) is 0 Å². The monoisotopic (exact) mass is 424 g/mol. The number of aromatic nitrogens is 3. The summed E-state index contributed by atoms with van der Waals surface area (Å²) in [6.45, 7) is 1.28. The fourth-order valence-corrected chi connectivity index (χ4v) is 3.51. The van der Waals surface area contributed by atoms with Crippen LogP contribution in [0.1, 0.15) is 5.56 Å². The van der Waals surface area contributed by atoms with E-state index < -0.39 is 29.0 Å². The maximum Gasteiger partial charge on any atom is 0.329 e. The summed E-state index contributed by atoms with van der Waals surface area (Å²) in [6, 6.07) is 8.03. The number of halogens is 2. The zero-order valence-corrected chi connectivity index (χ0v) is 16.7.